The van der Waals surface area contributed by atoms with Gasteiger partial charge in [0, 0.05) is 37.3 Å². The van der Waals surface area contributed by atoms with Gasteiger partial charge in [0.05, 0.1) is 12.0 Å². The van der Waals surface area contributed by atoms with Gasteiger partial charge in [0.15, 0.2) is 0 Å². The number of hydrogen-bond donors (Lipinski definition) is 1. The van der Waals surface area contributed by atoms with E-state index in [0.29, 0.717) is 24.7 Å². The number of benzene rings is 2. The maximum Gasteiger partial charge on any atom is 0.227 e. The van der Waals surface area contributed by atoms with Crippen molar-refractivity contribution in [2.45, 2.75) is 19.4 Å². The number of nitrogens with zero attached hydrogens (tertiary/aromatic N) is 4. The summed E-state index contributed by atoms with van der Waals surface area (Å²) < 4.78 is 7.17. The topological polar surface area (TPSA) is 85.8 Å². The Bertz CT molecular complexity index is 1040. The number of aryl methyl sites for hydroxylation is 1. The molecule has 1 amide bonds. The molecule has 0 aliphatic rings. The van der Waals surface area contributed by atoms with E-state index in [1.54, 1.807) is 12.5 Å². The van der Waals surface area contributed by atoms with Crippen LogP contribution in [0.2, 0.25) is 0 Å². The molecule has 0 radical (unpaired) electrons. The minimum atomic E-state index is -0.0695. The van der Waals surface area contributed by atoms with E-state index >= 15 is 0 Å². The summed E-state index contributed by atoms with van der Waals surface area (Å²) in [6.07, 6.45) is 6.02. The average Bonchev–Trinajstić information content (AvgIpc) is 3.44. The van der Waals surface area contributed by atoms with E-state index in [2.05, 4.69) is 20.4 Å². The SMILES string of the molecule is O=C(CCc1nc(-c2ccccc2)no1)NCc1ccccc1-n1ccnc1. The fraction of sp³-hybridized carbons (Fsp3) is 0.143. The highest BCUT2D eigenvalue weighted by molar-refractivity contribution is 5.76. The van der Waals surface area contributed by atoms with Crippen molar-refractivity contribution in [3.05, 3.63) is 84.8 Å². The van der Waals surface area contributed by atoms with Crippen LogP contribution in [-0.2, 0) is 17.8 Å². The van der Waals surface area contributed by atoms with Crippen molar-refractivity contribution in [3.8, 4) is 17.1 Å². The van der Waals surface area contributed by atoms with Crippen LogP contribution < -0.4 is 5.32 Å². The van der Waals surface area contributed by atoms with Crippen LogP contribution in [0.15, 0.2) is 77.8 Å². The summed E-state index contributed by atoms with van der Waals surface area (Å²) in [6, 6.07) is 17.5. The van der Waals surface area contributed by atoms with Gasteiger partial charge in [0.25, 0.3) is 0 Å². The lowest BCUT2D eigenvalue weighted by Crippen LogP contribution is -2.23. The lowest BCUT2D eigenvalue weighted by atomic mass is 10.1. The van der Waals surface area contributed by atoms with E-state index < -0.39 is 0 Å². The quantitative estimate of drug-likeness (QED) is 0.538. The molecule has 2 aromatic heterocycles. The third-order valence-corrected chi connectivity index (χ3v) is 4.32. The first-order valence-electron chi connectivity index (χ1n) is 9.00. The zero-order valence-corrected chi connectivity index (χ0v) is 15.2. The number of hydrogen-bond acceptors (Lipinski definition) is 5. The molecule has 2 heterocycles. The standard InChI is InChI=1S/C21H19N5O2/c27-19(10-11-20-24-21(25-28-20)16-6-2-1-3-7-16)23-14-17-8-4-5-9-18(17)26-13-12-22-15-26/h1-9,12-13,15H,10-11,14H2,(H,23,27). The third-order valence-electron chi connectivity index (χ3n) is 4.32. The minimum absolute atomic E-state index is 0.0695. The third kappa shape index (κ3) is 4.15. The minimum Gasteiger partial charge on any atom is -0.352 e. The lowest BCUT2D eigenvalue weighted by molar-refractivity contribution is -0.121. The van der Waals surface area contributed by atoms with Crippen LogP contribution in [0.4, 0.5) is 0 Å². The van der Waals surface area contributed by atoms with Gasteiger partial charge >= 0.3 is 0 Å². The van der Waals surface area contributed by atoms with Crippen molar-refractivity contribution in [1.29, 1.82) is 0 Å². The molecule has 0 bridgehead atoms. The number of carbonyl (C=O) groups excluding carboxylic acids is 1. The predicted octanol–water partition coefficient (Wildman–Crippen LogP) is 3.17. The molecule has 0 saturated heterocycles. The first-order valence-corrected chi connectivity index (χ1v) is 9.00. The van der Waals surface area contributed by atoms with Crippen LogP contribution in [0, 0.1) is 0 Å². The lowest BCUT2D eigenvalue weighted by Gasteiger charge is -2.11. The zero-order chi connectivity index (χ0) is 19.2. The molecule has 7 nitrogen and oxygen atoms in total. The predicted molar refractivity (Wildman–Crippen MR) is 103 cm³/mol. The Balaban J connectivity index is 1.32. The summed E-state index contributed by atoms with van der Waals surface area (Å²) in [5.41, 5.74) is 2.89. The second-order valence-corrected chi connectivity index (χ2v) is 6.25. The number of imidazole rings is 1. The number of aromatic nitrogens is 4. The van der Waals surface area contributed by atoms with Gasteiger partial charge in [-0.05, 0) is 11.6 Å². The van der Waals surface area contributed by atoms with Gasteiger partial charge in [-0.1, -0.05) is 53.7 Å². The molecule has 28 heavy (non-hydrogen) atoms. The molecule has 0 saturated carbocycles. The Hall–Kier alpha value is -3.74. The van der Waals surface area contributed by atoms with Gasteiger partial charge in [0.1, 0.15) is 0 Å². The van der Waals surface area contributed by atoms with E-state index in [1.165, 1.54) is 0 Å². The fourth-order valence-electron chi connectivity index (χ4n) is 2.88. The van der Waals surface area contributed by atoms with Crippen molar-refractivity contribution in [1.82, 2.24) is 25.0 Å². The van der Waals surface area contributed by atoms with Crippen molar-refractivity contribution >= 4 is 5.91 Å². The van der Waals surface area contributed by atoms with Gasteiger partial charge in [-0.3, -0.25) is 4.79 Å². The van der Waals surface area contributed by atoms with E-state index in [-0.39, 0.29) is 12.3 Å². The average molecular weight is 373 g/mol. The number of para-hydroxylation sites is 1. The normalized spacial score (nSPS) is 10.7. The highest BCUT2D eigenvalue weighted by atomic mass is 16.5. The summed E-state index contributed by atoms with van der Waals surface area (Å²) >= 11 is 0. The van der Waals surface area contributed by atoms with E-state index in [9.17, 15) is 4.79 Å². The van der Waals surface area contributed by atoms with E-state index in [1.807, 2.05) is 65.4 Å². The van der Waals surface area contributed by atoms with Crippen molar-refractivity contribution < 1.29 is 9.32 Å². The summed E-state index contributed by atoms with van der Waals surface area (Å²) in [7, 11) is 0. The van der Waals surface area contributed by atoms with Gasteiger partial charge < -0.3 is 14.4 Å². The second-order valence-electron chi connectivity index (χ2n) is 6.25. The maximum atomic E-state index is 12.2. The highest BCUT2D eigenvalue weighted by Crippen LogP contribution is 2.16. The first kappa shape index (κ1) is 17.7. The molecule has 0 atom stereocenters. The van der Waals surface area contributed by atoms with Gasteiger partial charge in [0.2, 0.25) is 17.6 Å². The molecule has 0 aliphatic carbocycles. The first-order chi connectivity index (χ1) is 13.8. The van der Waals surface area contributed by atoms with Crippen LogP contribution in [0.5, 0.6) is 0 Å². The zero-order valence-electron chi connectivity index (χ0n) is 15.2. The number of rotatable bonds is 7. The monoisotopic (exact) mass is 373 g/mol. The molecule has 4 rings (SSSR count). The largest absolute Gasteiger partial charge is 0.352 e. The highest BCUT2D eigenvalue weighted by Gasteiger charge is 2.11. The fourth-order valence-corrected chi connectivity index (χ4v) is 2.88. The summed E-state index contributed by atoms with van der Waals surface area (Å²) in [6.45, 7) is 0.437. The summed E-state index contributed by atoms with van der Waals surface area (Å²) in [5.74, 6) is 0.915. The van der Waals surface area contributed by atoms with Crippen LogP contribution in [0.25, 0.3) is 17.1 Å². The van der Waals surface area contributed by atoms with Gasteiger partial charge in [-0.25, -0.2) is 4.98 Å². The maximum absolute atomic E-state index is 12.2. The van der Waals surface area contributed by atoms with Crippen LogP contribution in [0.1, 0.15) is 17.9 Å². The van der Waals surface area contributed by atoms with Crippen molar-refractivity contribution in [3.63, 3.8) is 0 Å². The molecule has 0 fully saturated rings. The molecule has 0 spiro atoms. The molecule has 0 aliphatic heterocycles. The van der Waals surface area contributed by atoms with Gasteiger partial charge in [-0.15, -0.1) is 0 Å². The van der Waals surface area contributed by atoms with Crippen LogP contribution in [0.3, 0.4) is 0 Å². The molecule has 0 unspecified atom stereocenters. The molecule has 4 aromatic rings. The Labute approximate surface area is 162 Å². The van der Waals surface area contributed by atoms with E-state index in [4.69, 9.17) is 4.52 Å². The molecular formula is C21H19N5O2. The Morgan fingerprint density at radius 2 is 1.89 bits per heavy atom. The number of carbonyl (C=O) groups is 1. The Morgan fingerprint density at radius 1 is 1.07 bits per heavy atom. The summed E-state index contributed by atoms with van der Waals surface area (Å²) in [4.78, 5) is 20.7. The number of amides is 1. The van der Waals surface area contributed by atoms with E-state index in [0.717, 1.165) is 16.8 Å². The summed E-state index contributed by atoms with van der Waals surface area (Å²) in [5, 5.41) is 6.92. The van der Waals surface area contributed by atoms with Crippen LogP contribution >= 0.6 is 0 Å². The second kappa shape index (κ2) is 8.30. The van der Waals surface area contributed by atoms with Crippen LogP contribution in [-0.4, -0.2) is 25.6 Å². The van der Waals surface area contributed by atoms with Crippen molar-refractivity contribution in [2.24, 2.45) is 0 Å². The molecule has 1 N–H and O–H groups in total. The number of nitrogens with one attached hydrogen (secondary N) is 1. The molecular weight excluding hydrogens is 354 g/mol. The molecule has 2 aromatic carbocycles. The Kier molecular flexibility index (Phi) is 5.24. The van der Waals surface area contributed by atoms with Crippen molar-refractivity contribution in [2.75, 3.05) is 0 Å². The molecule has 140 valence electrons. The smallest absolute Gasteiger partial charge is 0.227 e. The Morgan fingerprint density at radius 3 is 2.71 bits per heavy atom. The molecule has 7 heteroatoms. The van der Waals surface area contributed by atoms with Gasteiger partial charge in [-0.2, -0.15) is 4.98 Å².